The largest absolute Gasteiger partial charge is 0.497 e. The van der Waals surface area contributed by atoms with E-state index in [0.717, 1.165) is 11.3 Å². The molecule has 1 heterocycles. The van der Waals surface area contributed by atoms with Gasteiger partial charge in [0.2, 0.25) is 11.8 Å². The molecule has 0 fully saturated rings. The van der Waals surface area contributed by atoms with E-state index in [1.54, 1.807) is 7.11 Å². The topological polar surface area (TPSA) is 98.1 Å². The number of methoxy groups -OCH3 is 1. The van der Waals surface area contributed by atoms with E-state index in [4.69, 9.17) is 4.74 Å². The highest BCUT2D eigenvalue weighted by Gasteiger charge is 2.23. The number of ether oxygens (including phenoxy) is 1. The molecule has 1 aromatic carbocycles. The number of nitrogens with one attached hydrogen (secondary N) is 2. The normalized spacial score (nSPS) is 12.3. The zero-order valence-corrected chi connectivity index (χ0v) is 19.3. The Morgan fingerprint density at radius 2 is 1.87 bits per heavy atom. The van der Waals surface area contributed by atoms with Gasteiger partial charge in [0.25, 0.3) is 0 Å². The van der Waals surface area contributed by atoms with Crippen molar-refractivity contribution in [2.24, 2.45) is 0 Å². The van der Waals surface area contributed by atoms with Gasteiger partial charge in [-0.05, 0) is 52.3 Å². The number of carbonyl (C=O) groups excluding carboxylic acids is 2. The van der Waals surface area contributed by atoms with Crippen molar-refractivity contribution in [2.75, 3.05) is 7.11 Å². The lowest BCUT2D eigenvalue weighted by Crippen LogP contribution is -2.44. The van der Waals surface area contributed by atoms with Crippen molar-refractivity contribution in [1.82, 2.24) is 25.4 Å². The van der Waals surface area contributed by atoms with Gasteiger partial charge in [-0.25, -0.2) is 0 Å². The Labute approximate surface area is 182 Å². The van der Waals surface area contributed by atoms with Gasteiger partial charge in [-0.2, -0.15) is 0 Å². The molecule has 0 spiro atoms. The molecular formula is C21H31N5O3S. The molecule has 2 amide bonds. The number of hydrogen-bond donors (Lipinski definition) is 2. The molecule has 30 heavy (non-hydrogen) atoms. The highest BCUT2D eigenvalue weighted by atomic mass is 32.2. The lowest BCUT2D eigenvalue weighted by Gasteiger charge is -2.22. The highest BCUT2D eigenvalue weighted by Crippen LogP contribution is 2.23. The van der Waals surface area contributed by atoms with Gasteiger partial charge in [0.15, 0.2) is 11.0 Å². The number of amides is 2. The second kappa shape index (κ2) is 10.5. The van der Waals surface area contributed by atoms with Crippen LogP contribution in [0.1, 0.15) is 46.0 Å². The Kier molecular flexibility index (Phi) is 8.28. The number of nitrogens with zero attached hydrogens (tertiary/aromatic N) is 3. The van der Waals surface area contributed by atoms with Gasteiger partial charge in [-0.1, -0.05) is 23.9 Å². The van der Waals surface area contributed by atoms with Crippen LogP contribution in [0.5, 0.6) is 5.75 Å². The molecule has 2 N–H and O–H groups in total. The Bertz CT molecular complexity index is 859. The quantitative estimate of drug-likeness (QED) is 0.590. The summed E-state index contributed by atoms with van der Waals surface area (Å²) in [6.45, 7) is 10.6. The molecular weight excluding hydrogens is 402 g/mol. The van der Waals surface area contributed by atoms with E-state index >= 15 is 0 Å². The lowest BCUT2D eigenvalue weighted by molar-refractivity contribution is -0.122. The third-order valence-electron chi connectivity index (χ3n) is 4.23. The number of carbonyl (C=O) groups is 2. The molecule has 9 heteroatoms. The smallest absolute Gasteiger partial charge is 0.233 e. The minimum atomic E-state index is -0.309. The Balaban J connectivity index is 1.94. The first-order chi connectivity index (χ1) is 14.1. The van der Waals surface area contributed by atoms with Gasteiger partial charge < -0.3 is 19.9 Å². The van der Waals surface area contributed by atoms with Crippen molar-refractivity contribution in [3.8, 4) is 5.75 Å². The van der Waals surface area contributed by atoms with Gasteiger partial charge in [0.05, 0.1) is 25.3 Å². The Hall–Kier alpha value is -2.55. The van der Waals surface area contributed by atoms with E-state index < -0.39 is 0 Å². The van der Waals surface area contributed by atoms with Crippen molar-refractivity contribution >= 4 is 23.6 Å². The van der Waals surface area contributed by atoms with Crippen molar-refractivity contribution in [1.29, 1.82) is 0 Å². The Morgan fingerprint density at radius 1 is 1.20 bits per heavy atom. The molecule has 0 aliphatic carbocycles. The number of thioether (sulfide) groups is 1. The van der Waals surface area contributed by atoms with Crippen LogP contribution in [0.3, 0.4) is 0 Å². The van der Waals surface area contributed by atoms with E-state index in [1.165, 1.54) is 11.8 Å². The maximum atomic E-state index is 12.3. The molecule has 8 nitrogen and oxygen atoms in total. The summed E-state index contributed by atoms with van der Waals surface area (Å²) in [5.74, 6) is 1.27. The number of hydrogen-bond acceptors (Lipinski definition) is 6. The van der Waals surface area contributed by atoms with Gasteiger partial charge in [0.1, 0.15) is 5.75 Å². The molecule has 2 rings (SSSR count). The molecule has 0 saturated carbocycles. The highest BCUT2D eigenvalue weighted by molar-refractivity contribution is 8.00. The van der Waals surface area contributed by atoms with Gasteiger partial charge in [-0.15, -0.1) is 10.2 Å². The molecule has 1 aromatic heterocycles. The minimum Gasteiger partial charge on any atom is -0.497 e. The molecule has 0 bridgehead atoms. The summed E-state index contributed by atoms with van der Waals surface area (Å²) in [6.07, 6.45) is 0.274. The molecule has 164 valence electrons. The van der Waals surface area contributed by atoms with Crippen molar-refractivity contribution in [2.45, 2.75) is 70.1 Å². The Morgan fingerprint density at radius 3 is 2.43 bits per heavy atom. The second-order valence-corrected chi connectivity index (χ2v) is 9.25. The van der Waals surface area contributed by atoms with Crippen molar-refractivity contribution < 1.29 is 14.3 Å². The molecule has 0 saturated heterocycles. The summed E-state index contributed by atoms with van der Waals surface area (Å²) in [5, 5.41) is 14.6. The van der Waals surface area contributed by atoms with E-state index in [-0.39, 0.29) is 35.6 Å². The average Bonchev–Trinajstić information content (AvgIpc) is 3.07. The summed E-state index contributed by atoms with van der Waals surface area (Å²) in [4.78, 5) is 24.6. The summed E-state index contributed by atoms with van der Waals surface area (Å²) in [5.41, 5.74) is 0.615. The third-order valence-corrected chi connectivity index (χ3v) is 5.31. The number of rotatable bonds is 9. The number of benzene rings is 1. The summed E-state index contributed by atoms with van der Waals surface area (Å²) >= 11 is 1.36. The maximum absolute atomic E-state index is 12.3. The summed E-state index contributed by atoms with van der Waals surface area (Å²) < 4.78 is 7.04. The zero-order valence-electron chi connectivity index (χ0n) is 18.5. The summed E-state index contributed by atoms with van der Waals surface area (Å²) in [7, 11) is 1.61. The molecule has 1 atom stereocenters. The average molecular weight is 434 g/mol. The van der Waals surface area contributed by atoms with Crippen LogP contribution in [0, 0.1) is 0 Å². The fraction of sp³-hybridized carbons (Fsp3) is 0.524. The predicted molar refractivity (Wildman–Crippen MR) is 117 cm³/mol. The van der Waals surface area contributed by atoms with E-state index in [0.29, 0.717) is 17.5 Å². The SMILES string of the molecule is CCn1c(CNC(=O)Cc2ccc(OC)cc2)nnc1SC(C)C(=O)NC(C)(C)C. The maximum Gasteiger partial charge on any atom is 0.233 e. The van der Waals surface area contributed by atoms with Crippen LogP contribution in [-0.4, -0.2) is 44.5 Å². The van der Waals surface area contributed by atoms with Gasteiger partial charge in [-0.3, -0.25) is 9.59 Å². The lowest BCUT2D eigenvalue weighted by atomic mass is 10.1. The van der Waals surface area contributed by atoms with Crippen molar-refractivity contribution in [3.63, 3.8) is 0 Å². The van der Waals surface area contributed by atoms with E-state index in [9.17, 15) is 9.59 Å². The van der Waals surface area contributed by atoms with Crippen LogP contribution in [0.25, 0.3) is 0 Å². The fourth-order valence-electron chi connectivity index (χ4n) is 2.71. The molecule has 0 aliphatic rings. The monoisotopic (exact) mass is 433 g/mol. The van der Waals surface area contributed by atoms with Crippen LogP contribution >= 0.6 is 11.8 Å². The van der Waals surface area contributed by atoms with Crippen LogP contribution in [0.2, 0.25) is 0 Å². The predicted octanol–water partition coefficient (Wildman–Crippen LogP) is 2.56. The fourth-order valence-corrected chi connectivity index (χ4v) is 3.64. The van der Waals surface area contributed by atoms with Crippen LogP contribution in [0.4, 0.5) is 0 Å². The van der Waals surface area contributed by atoms with Crippen LogP contribution < -0.4 is 15.4 Å². The van der Waals surface area contributed by atoms with Crippen LogP contribution in [-0.2, 0) is 29.1 Å². The minimum absolute atomic E-state index is 0.0486. The summed E-state index contributed by atoms with van der Waals surface area (Å²) in [6, 6.07) is 7.39. The van der Waals surface area contributed by atoms with E-state index in [2.05, 4.69) is 20.8 Å². The standard InChI is InChI=1S/C21H31N5O3S/c1-7-26-17(13-22-18(27)12-15-8-10-16(29-6)11-9-15)24-25-20(26)30-14(2)19(28)23-21(3,4)5/h8-11,14H,7,12-13H2,1-6H3,(H,22,27)(H,23,28). The second-order valence-electron chi connectivity index (χ2n) is 7.94. The number of aromatic nitrogens is 3. The third kappa shape index (κ3) is 7.05. The van der Waals surface area contributed by atoms with Crippen molar-refractivity contribution in [3.05, 3.63) is 35.7 Å². The van der Waals surface area contributed by atoms with Gasteiger partial charge >= 0.3 is 0 Å². The molecule has 0 aliphatic heterocycles. The zero-order chi connectivity index (χ0) is 22.3. The van der Waals surface area contributed by atoms with Gasteiger partial charge in [0, 0.05) is 12.1 Å². The van der Waals surface area contributed by atoms with Crippen LogP contribution in [0.15, 0.2) is 29.4 Å². The first-order valence-electron chi connectivity index (χ1n) is 9.93. The molecule has 2 aromatic rings. The van der Waals surface area contributed by atoms with E-state index in [1.807, 2.05) is 63.5 Å². The first kappa shape index (κ1) is 23.7. The molecule has 1 unspecified atom stereocenters. The first-order valence-corrected chi connectivity index (χ1v) is 10.8. The molecule has 0 radical (unpaired) electrons.